The first-order valence-electron chi connectivity index (χ1n) is 7.14. The van der Waals surface area contributed by atoms with Gasteiger partial charge in [0.05, 0.1) is 0 Å². The van der Waals surface area contributed by atoms with Crippen molar-refractivity contribution >= 4 is 62.3 Å². The van der Waals surface area contributed by atoms with Gasteiger partial charge in [-0.2, -0.15) is 0 Å². The zero-order chi connectivity index (χ0) is 17.9. The Balaban J connectivity index is 2.19. The molecule has 1 atom stereocenters. The summed E-state index contributed by atoms with van der Waals surface area (Å²) in [5.74, 6) is -0.337. The van der Waals surface area contributed by atoms with Crippen LogP contribution in [-0.4, -0.2) is 15.9 Å². The van der Waals surface area contributed by atoms with Gasteiger partial charge < -0.3 is 10.6 Å². The van der Waals surface area contributed by atoms with Crippen molar-refractivity contribution in [3.8, 4) is 0 Å². The molecule has 0 aliphatic heterocycles. The van der Waals surface area contributed by atoms with Crippen LogP contribution in [0.15, 0.2) is 46.9 Å². The van der Waals surface area contributed by atoms with Crippen LogP contribution in [-0.2, 0) is 0 Å². The second-order valence-corrected chi connectivity index (χ2v) is 8.70. The predicted molar refractivity (Wildman–Crippen MR) is 105 cm³/mol. The number of rotatable bonds is 4. The molecule has 1 amide bonds. The number of aryl methyl sites for hydroxylation is 2. The Hall–Kier alpha value is -0.940. The first-order valence-corrected chi connectivity index (χ1v) is 9.06. The van der Waals surface area contributed by atoms with Gasteiger partial charge in [-0.05, 0) is 49.7 Å². The Kier molecular flexibility index (Phi) is 6.43. The van der Waals surface area contributed by atoms with Gasteiger partial charge >= 0.3 is 0 Å². The molecule has 0 radical (unpaired) electrons. The number of alkyl halides is 3. The molecule has 2 N–H and O–H groups in total. The third-order valence-electron chi connectivity index (χ3n) is 3.39. The molecule has 0 saturated heterocycles. The van der Waals surface area contributed by atoms with Crippen LogP contribution in [0.2, 0.25) is 0 Å². The molecule has 0 aliphatic rings. The largest absolute Gasteiger partial charge is 0.362 e. The Morgan fingerprint density at radius 3 is 2.25 bits per heavy atom. The van der Waals surface area contributed by atoms with Crippen LogP contribution in [0.1, 0.15) is 21.5 Å². The highest BCUT2D eigenvalue weighted by molar-refractivity contribution is 9.10. The van der Waals surface area contributed by atoms with Crippen molar-refractivity contribution in [2.24, 2.45) is 0 Å². The summed E-state index contributed by atoms with van der Waals surface area (Å²) < 4.78 is -0.840. The molecular formula is C17H16BrCl3N2O. The number of benzene rings is 2. The monoisotopic (exact) mass is 448 g/mol. The van der Waals surface area contributed by atoms with Crippen molar-refractivity contribution in [2.75, 3.05) is 5.32 Å². The molecule has 0 spiro atoms. The summed E-state index contributed by atoms with van der Waals surface area (Å²) in [6.07, 6.45) is -0.889. The van der Waals surface area contributed by atoms with Crippen molar-refractivity contribution < 1.29 is 4.79 Å². The molecule has 128 valence electrons. The number of amides is 1. The summed E-state index contributed by atoms with van der Waals surface area (Å²) >= 11 is 21.4. The quantitative estimate of drug-likeness (QED) is 0.470. The molecule has 0 saturated carbocycles. The summed E-state index contributed by atoms with van der Waals surface area (Å²) in [5, 5.41) is 5.81. The van der Waals surface area contributed by atoms with Crippen molar-refractivity contribution in [1.29, 1.82) is 0 Å². The minimum absolute atomic E-state index is 0.337. The molecular weight excluding hydrogens is 434 g/mol. The van der Waals surface area contributed by atoms with E-state index in [9.17, 15) is 4.79 Å². The molecule has 0 aliphatic carbocycles. The predicted octanol–water partition coefficient (Wildman–Crippen LogP) is 5.60. The summed E-state index contributed by atoms with van der Waals surface area (Å²) in [7, 11) is 0. The molecule has 2 aromatic carbocycles. The zero-order valence-corrected chi connectivity index (χ0v) is 16.9. The minimum Gasteiger partial charge on any atom is -0.362 e. The van der Waals surface area contributed by atoms with E-state index in [4.69, 9.17) is 34.8 Å². The van der Waals surface area contributed by atoms with Crippen LogP contribution in [0.5, 0.6) is 0 Å². The highest BCUT2D eigenvalue weighted by Crippen LogP contribution is 2.32. The molecule has 3 nitrogen and oxygen atoms in total. The Labute approximate surface area is 164 Å². The van der Waals surface area contributed by atoms with Crippen LogP contribution < -0.4 is 10.6 Å². The first-order chi connectivity index (χ1) is 11.2. The Bertz CT molecular complexity index is 730. The van der Waals surface area contributed by atoms with Crippen LogP contribution >= 0.6 is 50.7 Å². The minimum atomic E-state index is -1.72. The van der Waals surface area contributed by atoms with Crippen LogP contribution in [0.3, 0.4) is 0 Å². The van der Waals surface area contributed by atoms with Gasteiger partial charge in [-0.25, -0.2) is 0 Å². The van der Waals surface area contributed by atoms with E-state index in [-0.39, 0.29) is 5.91 Å². The van der Waals surface area contributed by atoms with E-state index >= 15 is 0 Å². The standard InChI is InChI=1S/C17H16BrCl3N2O/c1-10-3-8-14(11(2)9-10)22-16(17(19,20)21)23-15(24)12-4-6-13(18)7-5-12/h3-9,16,22H,1-2H3,(H,23,24)/t16-/m0/s1. The fraction of sp³-hybridized carbons (Fsp3) is 0.235. The number of nitrogens with one attached hydrogen (secondary N) is 2. The number of anilines is 1. The Morgan fingerprint density at radius 1 is 1.08 bits per heavy atom. The first kappa shape index (κ1) is 19.4. The lowest BCUT2D eigenvalue weighted by Crippen LogP contribution is -2.49. The molecule has 2 aromatic rings. The number of halogens is 4. The average molecular weight is 451 g/mol. The summed E-state index contributed by atoms with van der Waals surface area (Å²) in [6.45, 7) is 3.94. The van der Waals surface area contributed by atoms with E-state index in [1.165, 1.54) is 0 Å². The number of carbonyl (C=O) groups excluding carboxylic acids is 1. The van der Waals surface area contributed by atoms with Crippen molar-refractivity contribution in [2.45, 2.75) is 23.8 Å². The topological polar surface area (TPSA) is 41.1 Å². The third-order valence-corrected chi connectivity index (χ3v) is 4.57. The Morgan fingerprint density at radius 2 is 1.71 bits per heavy atom. The summed E-state index contributed by atoms with van der Waals surface area (Å²) in [5.41, 5.74) is 3.38. The molecule has 7 heteroatoms. The lowest BCUT2D eigenvalue weighted by atomic mass is 10.1. The maximum absolute atomic E-state index is 12.4. The highest BCUT2D eigenvalue weighted by atomic mass is 79.9. The van der Waals surface area contributed by atoms with E-state index < -0.39 is 9.96 Å². The lowest BCUT2D eigenvalue weighted by Gasteiger charge is -2.28. The second-order valence-electron chi connectivity index (χ2n) is 5.42. The number of hydrogen-bond acceptors (Lipinski definition) is 2. The van der Waals surface area contributed by atoms with E-state index in [0.29, 0.717) is 5.56 Å². The van der Waals surface area contributed by atoms with E-state index in [2.05, 4.69) is 26.6 Å². The van der Waals surface area contributed by atoms with Crippen LogP contribution in [0.25, 0.3) is 0 Å². The molecule has 2 rings (SSSR count). The SMILES string of the molecule is Cc1ccc(N[C@@H](NC(=O)c2ccc(Br)cc2)C(Cl)(Cl)Cl)c(C)c1. The van der Waals surface area contributed by atoms with Gasteiger partial charge in [0.2, 0.25) is 3.79 Å². The fourth-order valence-corrected chi connectivity index (χ4v) is 2.74. The molecule has 0 unspecified atom stereocenters. The highest BCUT2D eigenvalue weighted by Gasteiger charge is 2.34. The normalized spacial score (nSPS) is 12.6. The molecule has 24 heavy (non-hydrogen) atoms. The van der Waals surface area contributed by atoms with E-state index in [0.717, 1.165) is 21.3 Å². The molecule has 0 aromatic heterocycles. The number of carbonyl (C=O) groups is 1. The van der Waals surface area contributed by atoms with Crippen molar-refractivity contribution in [3.05, 3.63) is 63.6 Å². The van der Waals surface area contributed by atoms with Gasteiger partial charge in [-0.3, -0.25) is 4.79 Å². The van der Waals surface area contributed by atoms with Gasteiger partial charge in [0.15, 0.2) is 0 Å². The smallest absolute Gasteiger partial charge is 0.252 e. The van der Waals surface area contributed by atoms with Gasteiger partial charge in [-0.15, -0.1) is 0 Å². The van der Waals surface area contributed by atoms with Gasteiger partial charge in [0, 0.05) is 15.7 Å². The van der Waals surface area contributed by atoms with Gasteiger partial charge in [-0.1, -0.05) is 68.4 Å². The molecule has 0 bridgehead atoms. The summed E-state index contributed by atoms with van der Waals surface area (Å²) in [6, 6.07) is 12.8. The lowest BCUT2D eigenvalue weighted by molar-refractivity contribution is 0.0942. The fourth-order valence-electron chi connectivity index (χ4n) is 2.15. The van der Waals surface area contributed by atoms with Crippen molar-refractivity contribution in [3.63, 3.8) is 0 Å². The van der Waals surface area contributed by atoms with Crippen LogP contribution in [0.4, 0.5) is 5.69 Å². The maximum Gasteiger partial charge on any atom is 0.252 e. The van der Waals surface area contributed by atoms with Crippen LogP contribution in [0, 0.1) is 13.8 Å². The molecule has 0 fully saturated rings. The molecule has 0 heterocycles. The van der Waals surface area contributed by atoms with E-state index in [1.54, 1.807) is 24.3 Å². The maximum atomic E-state index is 12.4. The average Bonchev–Trinajstić information content (AvgIpc) is 2.48. The summed E-state index contributed by atoms with van der Waals surface area (Å²) in [4.78, 5) is 12.4. The van der Waals surface area contributed by atoms with Gasteiger partial charge in [0.1, 0.15) is 6.17 Å². The van der Waals surface area contributed by atoms with Crippen molar-refractivity contribution in [1.82, 2.24) is 5.32 Å². The van der Waals surface area contributed by atoms with E-state index in [1.807, 2.05) is 32.0 Å². The third kappa shape index (κ3) is 5.28. The van der Waals surface area contributed by atoms with Gasteiger partial charge in [0.25, 0.3) is 5.91 Å². The second kappa shape index (κ2) is 7.96. The zero-order valence-electron chi connectivity index (χ0n) is 13.0. The number of hydrogen-bond donors (Lipinski definition) is 2.